The number of urea groups is 1. The lowest BCUT2D eigenvalue weighted by Gasteiger charge is -2.37. The van der Waals surface area contributed by atoms with Gasteiger partial charge in [0.05, 0.1) is 6.04 Å². The van der Waals surface area contributed by atoms with E-state index in [1.165, 1.54) is 10.4 Å². The van der Waals surface area contributed by atoms with Crippen LogP contribution in [-0.2, 0) is 11.2 Å². The lowest BCUT2D eigenvalue weighted by Crippen LogP contribution is -2.52. The van der Waals surface area contributed by atoms with Crippen LogP contribution in [0.3, 0.4) is 0 Å². The Morgan fingerprint density at radius 3 is 2.55 bits per heavy atom. The average molecular weight is 444 g/mol. The second kappa shape index (κ2) is 10.2. The maximum atomic E-state index is 13.4. The molecule has 2 heterocycles. The maximum absolute atomic E-state index is 13.4. The third-order valence-corrected chi connectivity index (χ3v) is 6.44. The Labute approximate surface area is 189 Å². The monoisotopic (exact) mass is 443 g/mol. The highest BCUT2D eigenvalue weighted by Gasteiger charge is 2.34. The summed E-state index contributed by atoms with van der Waals surface area (Å²) in [5.74, 6) is 0.738. The molecule has 7 heteroatoms. The number of nitrogens with one attached hydrogen (secondary N) is 1. The van der Waals surface area contributed by atoms with Gasteiger partial charge in [-0.1, -0.05) is 17.7 Å². The highest BCUT2D eigenvalue weighted by molar-refractivity contribution is 7.10. The number of rotatable bonds is 7. The van der Waals surface area contributed by atoms with E-state index in [-0.39, 0.29) is 36.6 Å². The van der Waals surface area contributed by atoms with Crippen molar-refractivity contribution in [1.82, 2.24) is 15.1 Å². The van der Waals surface area contributed by atoms with Gasteiger partial charge in [0.25, 0.3) is 0 Å². The molecule has 168 valence electrons. The molecule has 2 aromatic rings. The molecule has 6 nitrogen and oxygen atoms in total. The van der Waals surface area contributed by atoms with Crippen LogP contribution in [0.15, 0.2) is 35.7 Å². The number of ether oxygens (including phenoxy) is 1. The minimum absolute atomic E-state index is 0.0165. The van der Waals surface area contributed by atoms with Gasteiger partial charge < -0.3 is 19.9 Å². The van der Waals surface area contributed by atoms with Gasteiger partial charge in [-0.05, 0) is 70.2 Å². The van der Waals surface area contributed by atoms with E-state index >= 15 is 0 Å². The molecule has 0 saturated heterocycles. The Kier molecular flexibility index (Phi) is 7.59. The minimum Gasteiger partial charge on any atom is -0.491 e. The van der Waals surface area contributed by atoms with Gasteiger partial charge in [-0.3, -0.25) is 4.79 Å². The Balaban J connectivity index is 1.76. The molecule has 3 amide bonds. The second-order valence-corrected chi connectivity index (χ2v) is 9.60. The first-order valence-electron chi connectivity index (χ1n) is 10.9. The molecule has 0 radical (unpaired) electrons. The first kappa shape index (κ1) is 23.1. The zero-order valence-electron chi connectivity index (χ0n) is 19.1. The zero-order chi connectivity index (χ0) is 22.5. The summed E-state index contributed by atoms with van der Waals surface area (Å²) in [6.45, 7) is 10.8. The van der Waals surface area contributed by atoms with Crippen molar-refractivity contribution in [3.63, 3.8) is 0 Å². The first-order valence-corrected chi connectivity index (χ1v) is 11.8. The van der Waals surface area contributed by atoms with Crippen molar-refractivity contribution in [1.29, 1.82) is 0 Å². The van der Waals surface area contributed by atoms with Crippen LogP contribution >= 0.6 is 11.3 Å². The van der Waals surface area contributed by atoms with E-state index in [2.05, 4.69) is 16.8 Å². The number of benzene rings is 1. The van der Waals surface area contributed by atoms with Crippen LogP contribution in [0.2, 0.25) is 0 Å². The predicted molar refractivity (Wildman–Crippen MR) is 125 cm³/mol. The fraction of sp³-hybridized carbons (Fsp3) is 0.500. The van der Waals surface area contributed by atoms with Crippen molar-refractivity contribution in [2.45, 2.75) is 59.2 Å². The summed E-state index contributed by atoms with van der Waals surface area (Å²) in [5.41, 5.74) is 2.33. The number of carbonyl (C=O) groups is 2. The molecule has 0 bridgehead atoms. The Bertz CT molecular complexity index is 892. The molecule has 1 aliphatic heterocycles. The molecule has 0 saturated carbocycles. The van der Waals surface area contributed by atoms with E-state index in [9.17, 15) is 9.59 Å². The number of nitrogens with zero attached hydrogens (tertiary/aromatic N) is 2. The molecule has 1 N–H and O–H groups in total. The fourth-order valence-electron chi connectivity index (χ4n) is 3.74. The van der Waals surface area contributed by atoms with E-state index < -0.39 is 0 Å². The van der Waals surface area contributed by atoms with Crippen molar-refractivity contribution < 1.29 is 14.3 Å². The smallest absolute Gasteiger partial charge is 0.318 e. The topological polar surface area (TPSA) is 61.9 Å². The molecule has 3 rings (SSSR count). The normalized spacial score (nSPS) is 15.7. The van der Waals surface area contributed by atoms with Gasteiger partial charge in [0, 0.05) is 23.5 Å². The quantitative estimate of drug-likeness (QED) is 0.690. The highest BCUT2D eigenvalue weighted by Crippen LogP contribution is 2.34. The van der Waals surface area contributed by atoms with Crippen LogP contribution in [0.5, 0.6) is 5.75 Å². The van der Waals surface area contributed by atoms with Gasteiger partial charge in [0.2, 0.25) is 5.91 Å². The number of aryl methyl sites for hydroxylation is 1. The molecular weight excluding hydrogens is 410 g/mol. The molecule has 0 fully saturated rings. The molecule has 0 aliphatic carbocycles. The highest BCUT2D eigenvalue weighted by atomic mass is 32.1. The molecule has 0 unspecified atom stereocenters. The van der Waals surface area contributed by atoms with E-state index in [1.54, 1.807) is 16.2 Å². The van der Waals surface area contributed by atoms with Crippen molar-refractivity contribution in [3.05, 3.63) is 51.7 Å². The molecule has 1 aliphatic rings. The molecular formula is C24H33N3O3S. The number of fused-ring (bicyclic) bond motifs is 1. The van der Waals surface area contributed by atoms with Gasteiger partial charge >= 0.3 is 6.03 Å². The summed E-state index contributed by atoms with van der Waals surface area (Å²) in [7, 11) is 0. The molecule has 1 atom stereocenters. The maximum Gasteiger partial charge on any atom is 0.318 e. The summed E-state index contributed by atoms with van der Waals surface area (Å²) in [5, 5.41) is 4.98. The SMILES string of the molecule is Cc1ccc(OC[C@@H]2c3ccsc3CCN2C(=O)CN(C(=O)NC(C)C)C(C)C)cc1. The van der Waals surface area contributed by atoms with Crippen molar-refractivity contribution >= 4 is 23.3 Å². The average Bonchev–Trinajstić information content (AvgIpc) is 3.19. The fourth-order valence-corrected chi connectivity index (χ4v) is 4.67. The van der Waals surface area contributed by atoms with E-state index in [0.29, 0.717) is 13.2 Å². The predicted octanol–water partition coefficient (Wildman–Crippen LogP) is 4.39. The summed E-state index contributed by atoms with van der Waals surface area (Å²) in [6, 6.07) is 9.60. The van der Waals surface area contributed by atoms with E-state index in [1.807, 2.05) is 63.8 Å². The number of hydrogen-bond donors (Lipinski definition) is 1. The minimum atomic E-state index is -0.209. The van der Waals surface area contributed by atoms with Crippen LogP contribution in [0.25, 0.3) is 0 Å². The summed E-state index contributed by atoms with van der Waals surface area (Å²) in [4.78, 5) is 30.7. The lowest BCUT2D eigenvalue weighted by atomic mass is 10.0. The van der Waals surface area contributed by atoms with Crippen LogP contribution < -0.4 is 10.1 Å². The van der Waals surface area contributed by atoms with Crippen LogP contribution in [0.1, 0.15) is 49.7 Å². The number of hydrogen-bond acceptors (Lipinski definition) is 4. The molecule has 1 aromatic heterocycles. The standard InChI is InChI=1S/C24H33N3O3S/c1-16(2)25-24(29)27(17(3)4)14-23(28)26-12-10-22-20(11-13-31-22)21(26)15-30-19-8-6-18(5)7-9-19/h6-9,11,13,16-17,21H,10,12,14-15H2,1-5H3,(H,25,29)/t21-/m1/s1. The van der Waals surface area contributed by atoms with Gasteiger partial charge in [-0.2, -0.15) is 0 Å². The largest absolute Gasteiger partial charge is 0.491 e. The summed E-state index contributed by atoms with van der Waals surface area (Å²) < 4.78 is 6.08. The molecule has 0 spiro atoms. The zero-order valence-corrected chi connectivity index (χ0v) is 19.9. The number of amides is 3. The molecule has 1 aromatic carbocycles. The second-order valence-electron chi connectivity index (χ2n) is 8.60. The third-order valence-electron chi connectivity index (χ3n) is 5.45. The first-order chi connectivity index (χ1) is 14.8. The van der Waals surface area contributed by atoms with Crippen molar-refractivity contribution in [3.8, 4) is 5.75 Å². The van der Waals surface area contributed by atoms with Gasteiger partial charge in [0.15, 0.2) is 0 Å². The Morgan fingerprint density at radius 1 is 1.19 bits per heavy atom. The summed E-state index contributed by atoms with van der Waals surface area (Å²) in [6.07, 6.45) is 0.833. The Morgan fingerprint density at radius 2 is 1.90 bits per heavy atom. The van der Waals surface area contributed by atoms with E-state index in [0.717, 1.165) is 17.7 Å². The van der Waals surface area contributed by atoms with Crippen LogP contribution in [0, 0.1) is 6.92 Å². The Hall–Kier alpha value is -2.54. The van der Waals surface area contributed by atoms with Gasteiger partial charge in [-0.25, -0.2) is 4.79 Å². The van der Waals surface area contributed by atoms with Crippen LogP contribution in [-0.4, -0.2) is 53.5 Å². The van der Waals surface area contributed by atoms with Gasteiger partial charge in [0.1, 0.15) is 18.9 Å². The van der Waals surface area contributed by atoms with Crippen molar-refractivity contribution in [2.24, 2.45) is 0 Å². The van der Waals surface area contributed by atoms with Crippen molar-refractivity contribution in [2.75, 3.05) is 19.7 Å². The summed E-state index contributed by atoms with van der Waals surface area (Å²) >= 11 is 1.73. The van der Waals surface area contributed by atoms with Crippen LogP contribution in [0.4, 0.5) is 4.79 Å². The number of carbonyl (C=O) groups excluding carboxylic acids is 2. The van der Waals surface area contributed by atoms with E-state index in [4.69, 9.17) is 4.74 Å². The lowest BCUT2D eigenvalue weighted by molar-refractivity contribution is -0.135. The molecule has 31 heavy (non-hydrogen) atoms. The van der Waals surface area contributed by atoms with Gasteiger partial charge in [-0.15, -0.1) is 11.3 Å². The number of thiophene rings is 1. The third kappa shape index (κ3) is 5.79.